The van der Waals surface area contributed by atoms with Gasteiger partial charge in [-0.15, -0.1) is 0 Å². The topological polar surface area (TPSA) is 18.5 Å². The van der Waals surface area contributed by atoms with E-state index < -0.39 is 0 Å². The minimum absolute atomic E-state index is 0.112. The molecule has 30 heavy (non-hydrogen) atoms. The molecule has 2 heteroatoms. The molecule has 0 heterocycles. The van der Waals surface area contributed by atoms with E-state index in [0.29, 0.717) is 13.2 Å². The van der Waals surface area contributed by atoms with Crippen LogP contribution < -0.4 is 9.47 Å². The van der Waals surface area contributed by atoms with Gasteiger partial charge >= 0.3 is 0 Å². The third-order valence-electron chi connectivity index (χ3n) is 7.83. The Bertz CT molecular complexity index is 808. The standard InChI is InChI=1S/C28H32O2/c1-3-13-29-26-9-5-22(6-10-26)28(23-7-11-27(12-8-23)30-14-4-2)24-16-20-15-21(18-24)19-25(28)17-20/h3-12,20-21,24-25H,1-2,13-19H2. The zero-order valence-corrected chi connectivity index (χ0v) is 17.8. The molecule has 0 spiro atoms. The number of ether oxygens (including phenoxy) is 2. The van der Waals surface area contributed by atoms with Gasteiger partial charge in [0.25, 0.3) is 0 Å². The van der Waals surface area contributed by atoms with E-state index in [-0.39, 0.29) is 5.41 Å². The fourth-order valence-corrected chi connectivity index (χ4v) is 7.00. The lowest BCUT2D eigenvalue weighted by atomic mass is 9.42. The highest BCUT2D eigenvalue weighted by atomic mass is 16.5. The van der Waals surface area contributed by atoms with Crippen LogP contribution in [0.4, 0.5) is 0 Å². The van der Waals surface area contributed by atoms with Crippen LogP contribution in [0.25, 0.3) is 0 Å². The molecule has 0 saturated heterocycles. The maximum Gasteiger partial charge on any atom is 0.119 e. The second-order valence-corrected chi connectivity index (χ2v) is 9.42. The van der Waals surface area contributed by atoms with Crippen LogP contribution in [0, 0.1) is 23.7 Å². The second-order valence-electron chi connectivity index (χ2n) is 9.42. The molecule has 0 aliphatic heterocycles. The van der Waals surface area contributed by atoms with Gasteiger partial charge in [0.05, 0.1) is 0 Å². The van der Waals surface area contributed by atoms with Crippen molar-refractivity contribution in [3.8, 4) is 11.5 Å². The van der Waals surface area contributed by atoms with Crippen molar-refractivity contribution in [1.82, 2.24) is 0 Å². The van der Waals surface area contributed by atoms with E-state index in [0.717, 1.165) is 35.2 Å². The maximum absolute atomic E-state index is 5.76. The van der Waals surface area contributed by atoms with Crippen molar-refractivity contribution in [3.05, 3.63) is 85.0 Å². The van der Waals surface area contributed by atoms with Crippen LogP contribution in [0.1, 0.15) is 43.2 Å². The van der Waals surface area contributed by atoms with Crippen molar-refractivity contribution in [3.63, 3.8) is 0 Å². The molecule has 4 bridgehead atoms. The Morgan fingerprint density at radius 2 is 1.07 bits per heavy atom. The molecule has 4 aliphatic carbocycles. The quantitative estimate of drug-likeness (QED) is 0.467. The predicted octanol–water partition coefficient (Wildman–Crippen LogP) is 6.56. The molecule has 2 aromatic carbocycles. The zero-order valence-electron chi connectivity index (χ0n) is 17.8. The molecular weight excluding hydrogens is 368 g/mol. The summed E-state index contributed by atoms with van der Waals surface area (Å²) in [4.78, 5) is 0. The van der Waals surface area contributed by atoms with Gasteiger partial charge in [-0.2, -0.15) is 0 Å². The van der Waals surface area contributed by atoms with E-state index >= 15 is 0 Å². The lowest BCUT2D eigenvalue weighted by Crippen LogP contribution is -2.56. The summed E-state index contributed by atoms with van der Waals surface area (Å²) in [6.45, 7) is 8.60. The molecule has 2 nitrogen and oxygen atoms in total. The highest BCUT2D eigenvalue weighted by Gasteiger charge is 2.58. The summed E-state index contributed by atoms with van der Waals surface area (Å²) in [7, 11) is 0. The van der Waals surface area contributed by atoms with E-state index in [9.17, 15) is 0 Å². The summed E-state index contributed by atoms with van der Waals surface area (Å²) in [5.41, 5.74) is 3.03. The minimum Gasteiger partial charge on any atom is -0.490 e. The second kappa shape index (κ2) is 7.98. The normalized spacial score (nSPS) is 28.1. The van der Waals surface area contributed by atoms with Crippen molar-refractivity contribution < 1.29 is 9.47 Å². The van der Waals surface area contributed by atoms with Crippen molar-refractivity contribution >= 4 is 0 Å². The Labute approximate surface area is 180 Å². The van der Waals surface area contributed by atoms with E-state index in [1.165, 1.54) is 43.2 Å². The Morgan fingerprint density at radius 1 is 0.667 bits per heavy atom. The molecular formula is C28H32O2. The van der Waals surface area contributed by atoms with E-state index in [4.69, 9.17) is 9.47 Å². The van der Waals surface area contributed by atoms with Crippen molar-refractivity contribution in [2.24, 2.45) is 23.7 Å². The van der Waals surface area contributed by atoms with Gasteiger partial charge in [-0.3, -0.25) is 0 Å². The molecule has 0 amide bonds. The lowest BCUT2D eigenvalue weighted by molar-refractivity contribution is -0.0418. The van der Waals surface area contributed by atoms with Crippen LogP contribution in [-0.4, -0.2) is 13.2 Å². The van der Waals surface area contributed by atoms with Crippen molar-refractivity contribution in [1.29, 1.82) is 0 Å². The smallest absolute Gasteiger partial charge is 0.119 e. The van der Waals surface area contributed by atoms with Crippen LogP contribution in [-0.2, 0) is 5.41 Å². The average molecular weight is 401 g/mol. The van der Waals surface area contributed by atoms with Crippen LogP contribution in [0.3, 0.4) is 0 Å². The fourth-order valence-electron chi connectivity index (χ4n) is 7.00. The first-order valence-electron chi connectivity index (χ1n) is 11.4. The minimum atomic E-state index is 0.112. The van der Waals surface area contributed by atoms with Gasteiger partial charge in [-0.1, -0.05) is 49.6 Å². The van der Waals surface area contributed by atoms with E-state index in [1.54, 1.807) is 12.2 Å². The van der Waals surface area contributed by atoms with Gasteiger partial charge in [-0.25, -0.2) is 0 Å². The molecule has 156 valence electrons. The van der Waals surface area contributed by atoms with Crippen molar-refractivity contribution in [2.45, 2.75) is 37.5 Å². The van der Waals surface area contributed by atoms with E-state index in [1.807, 2.05) is 0 Å². The van der Waals surface area contributed by atoms with Gasteiger partial charge in [0, 0.05) is 5.41 Å². The summed E-state index contributed by atoms with van der Waals surface area (Å²) >= 11 is 0. The highest BCUT2D eigenvalue weighted by Crippen LogP contribution is 2.65. The third kappa shape index (κ3) is 3.17. The first kappa shape index (κ1) is 19.5. The van der Waals surface area contributed by atoms with Gasteiger partial charge in [0.1, 0.15) is 24.7 Å². The fraction of sp³-hybridized carbons (Fsp3) is 0.429. The summed E-state index contributed by atoms with van der Waals surface area (Å²) in [6.07, 6.45) is 10.5. The molecule has 2 aromatic rings. The van der Waals surface area contributed by atoms with Crippen LogP contribution in [0.2, 0.25) is 0 Å². The predicted molar refractivity (Wildman–Crippen MR) is 122 cm³/mol. The van der Waals surface area contributed by atoms with Crippen LogP contribution in [0.5, 0.6) is 11.5 Å². The summed E-state index contributed by atoms with van der Waals surface area (Å²) < 4.78 is 11.5. The first-order valence-corrected chi connectivity index (χ1v) is 11.4. The maximum atomic E-state index is 5.76. The molecule has 0 radical (unpaired) electrons. The lowest BCUT2D eigenvalue weighted by Gasteiger charge is -2.62. The number of rotatable bonds is 8. The SMILES string of the molecule is C=CCOc1ccc(C2(c3ccc(OCC=C)cc3)C3CC4CC(C3)CC2C4)cc1. The number of benzene rings is 2. The van der Waals surface area contributed by atoms with Crippen LogP contribution >= 0.6 is 0 Å². The number of hydrogen-bond donors (Lipinski definition) is 0. The Kier molecular flexibility index (Phi) is 5.18. The van der Waals surface area contributed by atoms with Gasteiger partial charge in [-0.05, 0) is 91.2 Å². The molecule has 0 N–H and O–H groups in total. The summed E-state index contributed by atoms with van der Waals surface area (Å²) in [5, 5.41) is 0. The Morgan fingerprint density at radius 3 is 1.43 bits per heavy atom. The van der Waals surface area contributed by atoms with Gasteiger partial charge < -0.3 is 9.47 Å². The van der Waals surface area contributed by atoms with Gasteiger partial charge in [0.2, 0.25) is 0 Å². The van der Waals surface area contributed by atoms with Crippen LogP contribution in [0.15, 0.2) is 73.8 Å². The molecule has 0 unspecified atom stereocenters. The molecule has 4 fully saturated rings. The van der Waals surface area contributed by atoms with Crippen molar-refractivity contribution in [2.75, 3.05) is 13.2 Å². The molecule has 0 aromatic heterocycles. The Balaban J connectivity index is 1.55. The summed E-state index contributed by atoms with van der Waals surface area (Å²) in [6, 6.07) is 17.9. The molecule has 4 saturated carbocycles. The van der Waals surface area contributed by atoms with E-state index in [2.05, 4.69) is 61.7 Å². The highest BCUT2D eigenvalue weighted by molar-refractivity contribution is 5.47. The van der Waals surface area contributed by atoms with Gasteiger partial charge in [0.15, 0.2) is 0 Å². The average Bonchev–Trinajstić information content (AvgIpc) is 2.77. The monoisotopic (exact) mass is 400 g/mol. The zero-order chi connectivity index (χ0) is 20.6. The number of hydrogen-bond acceptors (Lipinski definition) is 2. The molecule has 0 atom stereocenters. The molecule has 4 aliphatic rings. The first-order chi connectivity index (χ1) is 14.7. The largest absolute Gasteiger partial charge is 0.490 e. The third-order valence-corrected chi connectivity index (χ3v) is 7.83. The summed E-state index contributed by atoms with van der Waals surface area (Å²) in [5.74, 6) is 5.18. The Hall–Kier alpha value is -2.48. The molecule has 6 rings (SSSR count).